The number of allylic oxidation sites excluding steroid dienone is 2. The van der Waals surface area contributed by atoms with E-state index in [4.69, 9.17) is 4.74 Å². The summed E-state index contributed by atoms with van der Waals surface area (Å²) in [6, 6.07) is 25.2. The number of benzene rings is 3. The molecular weight excluding hydrogens is 408 g/mol. The minimum atomic E-state index is 0.0761. The van der Waals surface area contributed by atoms with E-state index >= 15 is 0 Å². The van der Waals surface area contributed by atoms with Gasteiger partial charge in [0.15, 0.2) is 0 Å². The number of rotatable bonds is 7. The standard InChI is InChI=1S/C29H30N2O2/c1-2-7-28(32)30-22-14-17-27-26(18-22)24-10-6-11-25(24)29(31-27)21-12-15-23(16-13-21)33-19-20-8-4-3-5-9-20/h3-6,8-10,12-18,24-25,29,31H,2,7,11,19H2,1H3,(H,30,32). The molecule has 168 valence electrons. The molecule has 1 aliphatic carbocycles. The van der Waals surface area contributed by atoms with Gasteiger partial charge in [0.2, 0.25) is 5.91 Å². The molecule has 2 N–H and O–H groups in total. The Morgan fingerprint density at radius 3 is 2.67 bits per heavy atom. The lowest BCUT2D eigenvalue weighted by Crippen LogP contribution is -2.29. The van der Waals surface area contributed by atoms with Gasteiger partial charge >= 0.3 is 0 Å². The van der Waals surface area contributed by atoms with E-state index in [-0.39, 0.29) is 11.9 Å². The highest BCUT2D eigenvalue weighted by Gasteiger charge is 2.38. The van der Waals surface area contributed by atoms with Gasteiger partial charge in [0.1, 0.15) is 12.4 Å². The van der Waals surface area contributed by atoms with E-state index in [1.807, 2.05) is 31.2 Å². The van der Waals surface area contributed by atoms with Crippen molar-refractivity contribution in [1.82, 2.24) is 0 Å². The van der Waals surface area contributed by atoms with E-state index in [9.17, 15) is 4.79 Å². The maximum Gasteiger partial charge on any atom is 0.224 e. The van der Waals surface area contributed by atoms with Gasteiger partial charge in [-0.15, -0.1) is 0 Å². The smallest absolute Gasteiger partial charge is 0.224 e. The second-order valence-electron chi connectivity index (χ2n) is 8.92. The number of ether oxygens (including phenoxy) is 1. The van der Waals surface area contributed by atoms with Crippen molar-refractivity contribution in [2.24, 2.45) is 5.92 Å². The third-order valence-corrected chi connectivity index (χ3v) is 6.61. The molecule has 33 heavy (non-hydrogen) atoms. The van der Waals surface area contributed by atoms with E-state index in [1.165, 1.54) is 11.1 Å². The summed E-state index contributed by atoms with van der Waals surface area (Å²) in [6.07, 6.45) is 7.06. The summed E-state index contributed by atoms with van der Waals surface area (Å²) in [4.78, 5) is 12.0. The Hall–Kier alpha value is -3.53. The van der Waals surface area contributed by atoms with Crippen molar-refractivity contribution in [1.29, 1.82) is 0 Å². The van der Waals surface area contributed by atoms with Crippen LogP contribution in [0.1, 0.15) is 54.8 Å². The quantitative estimate of drug-likeness (QED) is 0.398. The Bertz CT molecular complexity index is 1140. The number of fused-ring (bicyclic) bond motifs is 3. The number of carbonyl (C=O) groups is 1. The monoisotopic (exact) mass is 438 g/mol. The van der Waals surface area contributed by atoms with Crippen molar-refractivity contribution in [3.63, 3.8) is 0 Å². The largest absolute Gasteiger partial charge is 0.489 e. The summed E-state index contributed by atoms with van der Waals surface area (Å²) in [5.41, 5.74) is 5.73. The molecule has 0 spiro atoms. The van der Waals surface area contributed by atoms with Gasteiger partial charge in [-0.05, 0) is 65.8 Å². The zero-order chi connectivity index (χ0) is 22.6. The first-order valence-corrected chi connectivity index (χ1v) is 11.8. The molecule has 4 heteroatoms. The van der Waals surface area contributed by atoms with Crippen LogP contribution in [0.4, 0.5) is 11.4 Å². The van der Waals surface area contributed by atoms with E-state index in [0.29, 0.717) is 24.9 Å². The predicted octanol–water partition coefficient (Wildman–Crippen LogP) is 6.83. The average molecular weight is 439 g/mol. The third kappa shape index (κ3) is 4.65. The van der Waals surface area contributed by atoms with Crippen molar-refractivity contribution in [3.05, 3.63) is 102 Å². The number of carbonyl (C=O) groups excluding carboxylic acids is 1. The van der Waals surface area contributed by atoms with Gasteiger partial charge in [0, 0.05) is 23.7 Å². The molecular formula is C29H30N2O2. The van der Waals surface area contributed by atoms with Gasteiger partial charge in [-0.2, -0.15) is 0 Å². The Labute approximate surface area is 195 Å². The molecule has 5 rings (SSSR count). The van der Waals surface area contributed by atoms with Gasteiger partial charge in [-0.3, -0.25) is 4.79 Å². The van der Waals surface area contributed by atoms with Crippen molar-refractivity contribution in [2.75, 3.05) is 10.6 Å². The maximum atomic E-state index is 12.0. The molecule has 1 amide bonds. The van der Waals surface area contributed by atoms with Crippen molar-refractivity contribution >= 4 is 17.3 Å². The Kier molecular flexibility index (Phi) is 6.16. The van der Waals surface area contributed by atoms with Crippen molar-refractivity contribution in [3.8, 4) is 5.75 Å². The molecule has 1 heterocycles. The first-order chi connectivity index (χ1) is 16.2. The lowest BCUT2D eigenvalue weighted by Gasteiger charge is -2.37. The van der Waals surface area contributed by atoms with Crippen LogP contribution in [-0.2, 0) is 11.4 Å². The molecule has 3 unspecified atom stereocenters. The highest BCUT2D eigenvalue weighted by Crippen LogP contribution is 2.50. The highest BCUT2D eigenvalue weighted by atomic mass is 16.5. The molecule has 4 nitrogen and oxygen atoms in total. The summed E-state index contributed by atoms with van der Waals surface area (Å²) in [5, 5.41) is 6.82. The zero-order valence-corrected chi connectivity index (χ0v) is 19.0. The molecule has 0 saturated carbocycles. The number of hydrogen-bond acceptors (Lipinski definition) is 3. The summed E-state index contributed by atoms with van der Waals surface area (Å²) in [5.74, 6) is 1.76. The topological polar surface area (TPSA) is 50.4 Å². The van der Waals surface area contributed by atoms with Crippen LogP contribution < -0.4 is 15.4 Å². The Balaban J connectivity index is 1.32. The van der Waals surface area contributed by atoms with E-state index in [2.05, 4.69) is 71.3 Å². The van der Waals surface area contributed by atoms with Crippen LogP contribution >= 0.6 is 0 Å². The first-order valence-electron chi connectivity index (χ1n) is 11.8. The minimum Gasteiger partial charge on any atom is -0.489 e. The van der Waals surface area contributed by atoms with Gasteiger partial charge in [-0.25, -0.2) is 0 Å². The molecule has 0 bridgehead atoms. The molecule has 0 aromatic heterocycles. The highest BCUT2D eigenvalue weighted by molar-refractivity contribution is 5.91. The SMILES string of the molecule is CCCC(=O)Nc1ccc2c(c1)C1C=CCC1C(c1ccc(OCc3ccccc3)cc1)N2. The van der Waals surface area contributed by atoms with Crippen LogP contribution in [0.25, 0.3) is 0 Å². The fraction of sp³-hybridized carbons (Fsp3) is 0.276. The second-order valence-corrected chi connectivity index (χ2v) is 8.92. The van der Waals surface area contributed by atoms with E-state index in [0.717, 1.165) is 35.5 Å². The summed E-state index contributed by atoms with van der Waals surface area (Å²) < 4.78 is 5.97. The van der Waals surface area contributed by atoms with Crippen molar-refractivity contribution < 1.29 is 9.53 Å². The number of nitrogens with one attached hydrogen (secondary N) is 2. The molecule has 2 aliphatic rings. The molecule has 0 fully saturated rings. The molecule has 3 atom stereocenters. The summed E-state index contributed by atoms with van der Waals surface area (Å²) in [7, 11) is 0. The predicted molar refractivity (Wildman–Crippen MR) is 134 cm³/mol. The van der Waals surface area contributed by atoms with Gasteiger partial charge < -0.3 is 15.4 Å². The third-order valence-electron chi connectivity index (χ3n) is 6.61. The lowest BCUT2D eigenvalue weighted by molar-refractivity contribution is -0.116. The van der Waals surface area contributed by atoms with Crippen LogP contribution in [0.15, 0.2) is 84.9 Å². The number of anilines is 2. The first kappa shape index (κ1) is 21.3. The normalized spacial score (nSPS) is 20.5. The second kappa shape index (κ2) is 9.53. The van der Waals surface area contributed by atoms with Crippen LogP contribution in [0.2, 0.25) is 0 Å². The molecule has 3 aromatic carbocycles. The lowest BCUT2D eigenvalue weighted by atomic mass is 9.77. The van der Waals surface area contributed by atoms with Gasteiger partial charge in [0.25, 0.3) is 0 Å². The Morgan fingerprint density at radius 1 is 1.06 bits per heavy atom. The van der Waals surface area contributed by atoms with Crippen LogP contribution in [0.3, 0.4) is 0 Å². The number of amides is 1. The van der Waals surface area contributed by atoms with Crippen LogP contribution in [-0.4, -0.2) is 5.91 Å². The summed E-state index contributed by atoms with van der Waals surface area (Å²) in [6.45, 7) is 2.59. The van der Waals surface area contributed by atoms with Crippen LogP contribution in [0, 0.1) is 5.92 Å². The van der Waals surface area contributed by atoms with Crippen molar-refractivity contribution in [2.45, 2.75) is 44.8 Å². The molecule has 0 radical (unpaired) electrons. The summed E-state index contributed by atoms with van der Waals surface area (Å²) >= 11 is 0. The fourth-order valence-corrected chi connectivity index (χ4v) is 4.97. The number of hydrogen-bond donors (Lipinski definition) is 2. The molecule has 1 aliphatic heterocycles. The van der Waals surface area contributed by atoms with Gasteiger partial charge in [-0.1, -0.05) is 61.5 Å². The average Bonchev–Trinajstić information content (AvgIpc) is 3.34. The van der Waals surface area contributed by atoms with Gasteiger partial charge in [0.05, 0.1) is 6.04 Å². The molecule has 3 aromatic rings. The van der Waals surface area contributed by atoms with E-state index in [1.54, 1.807) is 0 Å². The fourth-order valence-electron chi connectivity index (χ4n) is 4.97. The Morgan fingerprint density at radius 2 is 1.88 bits per heavy atom. The van der Waals surface area contributed by atoms with E-state index < -0.39 is 0 Å². The maximum absolute atomic E-state index is 12.0. The van der Waals surface area contributed by atoms with Crippen LogP contribution in [0.5, 0.6) is 5.75 Å². The zero-order valence-electron chi connectivity index (χ0n) is 19.0. The molecule has 0 saturated heterocycles. The minimum absolute atomic E-state index is 0.0761.